The van der Waals surface area contributed by atoms with Crippen LogP contribution < -0.4 is 15.0 Å². The molecule has 4 aromatic rings. The number of aliphatic hydroxyl groups is 1. The lowest BCUT2D eigenvalue weighted by Gasteiger charge is -2.28. The first-order chi connectivity index (χ1) is 18.6. The molecule has 11 heteroatoms. The third-order valence-electron chi connectivity index (χ3n) is 7.20. The molecule has 1 aromatic carbocycles. The van der Waals surface area contributed by atoms with Crippen LogP contribution in [0.25, 0.3) is 21.3 Å². The Morgan fingerprint density at radius 1 is 1.10 bits per heavy atom. The molecule has 0 unspecified atom stereocenters. The Hall–Kier alpha value is -3.28. The molecular weight excluding hydrogens is 527 g/mol. The summed E-state index contributed by atoms with van der Waals surface area (Å²) in [5, 5.41) is 15.0. The van der Waals surface area contributed by atoms with E-state index >= 15 is 0 Å². The van der Waals surface area contributed by atoms with Crippen molar-refractivity contribution in [2.75, 3.05) is 19.1 Å². The Bertz CT molecular complexity index is 1440. The molecule has 0 aliphatic heterocycles. The SMILES string of the molecule is COc1cc(-c2ccc(CN[C@H]3C[C@@H](O)[C@@H](N(C)c4ncnc5sc(CC(F)(F)F)cc45)C3)cc2)cnc1C. The van der Waals surface area contributed by atoms with Crippen molar-refractivity contribution in [1.29, 1.82) is 0 Å². The number of nitrogens with one attached hydrogen (secondary N) is 1. The maximum atomic E-state index is 12.9. The molecule has 1 aliphatic rings. The van der Waals surface area contributed by atoms with E-state index in [0.29, 0.717) is 35.4 Å². The predicted octanol–water partition coefficient (Wildman–Crippen LogP) is 5.29. The summed E-state index contributed by atoms with van der Waals surface area (Å²) in [5.41, 5.74) is 3.99. The van der Waals surface area contributed by atoms with E-state index in [1.807, 2.05) is 31.1 Å². The van der Waals surface area contributed by atoms with Gasteiger partial charge in [-0.2, -0.15) is 13.2 Å². The molecule has 1 saturated carbocycles. The normalized spacial score (nSPS) is 19.5. The highest BCUT2D eigenvalue weighted by atomic mass is 32.1. The zero-order chi connectivity index (χ0) is 27.7. The number of rotatable bonds is 8. The van der Waals surface area contributed by atoms with Crippen LogP contribution in [0.1, 0.15) is 29.0 Å². The van der Waals surface area contributed by atoms with Gasteiger partial charge in [-0.05, 0) is 43.0 Å². The van der Waals surface area contributed by atoms with Crippen molar-refractivity contribution in [3.63, 3.8) is 0 Å². The number of nitrogens with zero attached hydrogens (tertiary/aromatic N) is 4. The number of fused-ring (bicyclic) bond motifs is 1. The molecule has 1 fully saturated rings. The Morgan fingerprint density at radius 2 is 1.87 bits per heavy atom. The zero-order valence-corrected chi connectivity index (χ0v) is 22.7. The Labute approximate surface area is 228 Å². The lowest BCUT2D eigenvalue weighted by molar-refractivity contribution is -0.126. The first-order valence-electron chi connectivity index (χ1n) is 12.7. The highest BCUT2D eigenvalue weighted by Crippen LogP contribution is 2.36. The lowest BCUT2D eigenvalue weighted by Crippen LogP contribution is -2.38. The molecule has 0 saturated heterocycles. The molecule has 3 aromatic heterocycles. The largest absolute Gasteiger partial charge is 0.495 e. The van der Waals surface area contributed by atoms with Crippen molar-refractivity contribution in [2.24, 2.45) is 0 Å². The molecule has 0 spiro atoms. The quantitative estimate of drug-likeness (QED) is 0.305. The van der Waals surface area contributed by atoms with E-state index in [4.69, 9.17) is 4.74 Å². The second-order valence-corrected chi connectivity index (χ2v) is 11.0. The van der Waals surface area contributed by atoms with E-state index in [0.717, 1.165) is 39.5 Å². The number of likely N-dealkylation sites (N-methyl/N-ethyl adjacent to an activating group) is 1. The number of methoxy groups -OCH3 is 1. The van der Waals surface area contributed by atoms with E-state index in [-0.39, 0.29) is 17.0 Å². The van der Waals surface area contributed by atoms with Crippen LogP contribution in [0.4, 0.5) is 19.0 Å². The minimum atomic E-state index is -4.29. The van der Waals surface area contributed by atoms with Gasteiger partial charge in [-0.25, -0.2) is 9.97 Å². The minimum Gasteiger partial charge on any atom is -0.495 e. The van der Waals surface area contributed by atoms with Crippen LogP contribution in [0, 0.1) is 6.92 Å². The van der Waals surface area contributed by atoms with Gasteiger partial charge in [0.05, 0.1) is 36.8 Å². The molecular formula is C28H30F3N5O2S. The van der Waals surface area contributed by atoms with Gasteiger partial charge in [0.15, 0.2) is 0 Å². The zero-order valence-electron chi connectivity index (χ0n) is 21.9. The van der Waals surface area contributed by atoms with Gasteiger partial charge >= 0.3 is 6.18 Å². The number of anilines is 1. The van der Waals surface area contributed by atoms with E-state index in [1.165, 1.54) is 12.4 Å². The van der Waals surface area contributed by atoms with Crippen molar-refractivity contribution < 1.29 is 23.0 Å². The topological polar surface area (TPSA) is 83.4 Å². The lowest BCUT2D eigenvalue weighted by atomic mass is 10.0. The molecule has 3 heterocycles. The number of hydrogen-bond acceptors (Lipinski definition) is 8. The molecule has 206 valence electrons. The van der Waals surface area contributed by atoms with Crippen molar-refractivity contribution in [3.8, 4) is 16.9 Å². The number of aryl methyl sites for hydroxylation is 1. The predicted molar refractivity (Wildman–Crippen MR) is 146 cm³/mol. The highest BCUT2D eigenvalue weighted by Gasteiger charge is 2.37. The number of hydrogen-bond donors (Lipinski definition) is 2. The fourth-order valence-electron chi connectivity index (χ4n) is 5.15. The summed E-state index contributed by atoms with van der Waals surface area (Å²) < 4.78 is 44.1. The summed E-state index contributed by atoms with van der Waals surface area (Å²) >= 11 is 1.02. The van der Waals surface area contributed by atoms with Crippen molar-refractivity contribution in [3.05, 3.63) is 65.1 Å². The number of ether oxygens (including phenoxy) is 1. The number of benzene rings is 1. The molecule has 0 amide bonds. The smallest absolute Gasteiger partial charge is 0.393 e. The van der Waals surface area contributed by atoms with E-state index in [9.17, 15) is 18.3 Å². The van der Waals surface area contributed by atoms with Crippen LogP contribution in [0.5, 0.6) is 5.75 Å². The number of halogens is 3. The van der Waals surface area contributed by atoms with E-state index in [1.54, 1.807) is 7.11 Å². The van der Waals surface area contributed by atoms with Gasteiger partial charge in [0.2, 0.25) is 0 Å². The summed E-state index contributed by atoms with van der Waals surface area (Å²) in [4.78, 5) is 15.5. The molecule has 3 atom stereocenters. The molecule has 1 aliphatic carbocycles. The summed E-state index contributed by atoms with van der Waals surface area (Å²) in [5.74, 6) is 1.29. The molecule has 0 radical (unpaired) electrons. The Morgan fingerprint density at radius 3 is 2.59 bits per heavy atom. The fourth-order valence-corrected chi connectivity index (χ4v) is 6.17. The number of aromatic nitrogens is 3. The summed E-state index contributed by atoms with van der Waals surface area (Å²) in [6.07, 6.45) is -1.43. The Balaban J connectivity index is 1.22. The average molecular weight is 558 g/mol. The summed E-state index contributed by atoms with van der Waals surface area (Å²) in [6, 6.07) is 11.6. The third-order valence-corrected chi connectivity index (χ3v) is 8.25. The molecule has 39 heavy (non-hydrogen) atoms. The van der Waals surface area contributed by atoms with Gasteiger partial charge in [-0.1, -0.05) is 24.3 Å². The average Bonchev–Trinajstić information content (AvgIpc) is 3.48. The fraction of sp³-hybridized carbons (Fsp3) is 0.393. The minimum absolute atomic E-state index is 0.0817. The van der Waals surface area contributed by atoms with Gasteiger partial charge in [-0.15, -0.1) is 11.3 Å². The van der Waals surface area contributed by atoms with Crippen LogP contribution >= 0.6 is 11.3 Å². The van der Waals surface area contributed by atoms with Gasteiger partial charge in [-0.3, -0.25) is 4.98 Å². The van der Waals surface area contributed by atoms with Crippen molar-refractivity contribution in [1.82, 2.24) is 20.3 Å². The van der Waals surface area contributed by atoms with Crippen LogP contribution in [0.15, 0.2) is 48.9 Å². The van der Waals surface area contributed by atoms with Gasteiger partial charge in [0.1, 0.15) is 22.7 Å². The third kappa shape index (κ3) is 6.15. The second-order valence-electron chi connectivity index (χ2n) is 9.92. The van der Waals surface area contributed by atoms with E-state index in [2.05, 4.69) is 44.5 Å². The van der Waals surface area contributed by atoms with Crippen molar-refractivity contribution in [2.45, 2.75) is 57.1 Å². The number of aliphatic hydroxyl groups excluding tert-OH is 1. The summed E-state index contributed by atoms with van der Waals surface area (Å²) in [6.45, 7) is 2.55. The maximum Gasteiger partial charge on any atom is 0.393 e. The summed E-state index contributed by atoms with van der Waals surface area (Å²) in [7, 11) is 3.46. The molecule has 0 bridgehead atoms. The molecule has 5 rings (SSSR count). The van der Waals surface area contributed by atoms with Gasteiger partial charge < -0.3 is 20.1 Å². The van der Waals surface area contributed by atoms with Crippen LogP contribution in [-0.2, 0) is 13.0 Å². The second kappa shape index (κ2) is 11.1. The Kier molecular flexibility index (Phi) is 7.75. The first kappa shape index (κ1) is 27.3. The van der Waals surface area contributed by atoms with Gasteiger partial charge in [0, 0.05) is 36.3 Å². The maximum absolute atomic E-state index is 12.9. The molecule has 7 nitrogen and oxygen atoms in total. The highest BCUT2D eigenvalue weighted by molar-refractivity contribution is 7.18. The van der Waals surface area contributed by atoms with Crippen LogP contribution in [0.2, 0.25) is 0 Å². The monoisotopic (exact) mass is 557 g/mol. The standard InChI is InChI=1S/C28H30F3N5O2S/c1-16-25(38-3)8-19(14-32-16)18-6-4-17(5-7-18)13-33-20-9-23(24(37)10-20)36(2)26-22-11-21(12-28(29,30)31)39-27(22)35-15-34-26/h4-8,11,14-15,20,23-24,33,37H,9-10,12-13H2,1-3H3/t20-,23+,24-/m1/s1. The van der Waals surface area contributed by atoms with Crippen LogP contribution in [-0.4, -0.2) is 58.6 Å². The van der Waals surface area contributed by atoms with E-state index < -0.39 is 18.7 Å². The first-order valence-corrected chi connectivity index (χ1v) is 13.5. The number of thiophene rings is 1. The molecule has 2 N–H and O–H groups in total. The van der Waals surface area contributed by atoms with Crippen molar-refractivity contribution >= 4 is 27.4 Å². The van der Waals surface area contributed by atoms with Gasteiger partial charge in [0.25, 0.3) is 0 Å². The van der Waals surface area contributed by atoms with Crippen LogP contribution in [0.3, 0.4) is 0 Å². The number of alkyl halides is 3. The number of pyridine rings is 1.